The van der Waals surface area contributed by atoms with Crippen LogP contribution in [0.4, 0.5) is 0 Å². The second-order valence-electron chi connectivity index (χ2n) is 7.09. The van der Waals surface area contributed by atoms with Crippen molar-refractivity contribution in [3.8, 4) is 0 Å². The van der Waals surface area contributed by atoms with Gasteiger partial charge < -0.3 is 14.6 Å². The van der Waals surface area contributed by atoms with Crippen LogP contribution in [0.5, 0.6) is 0 Å². The molecule has 0 amide bonds. The summed E-state index contributed by atoms with van der Waals surface area (Å²) in [6.07, 6.45) is 1.87. The number of thiophene rings is 1. The third-order valence-electron chi connectivity index (χ3n) is 4.79. The van der Waals surface area contributed by atoms with Gasteiger partial charge in [0.1, 0.15) is 0 Å². The van der Waals surface area contributed by atoms with Crippen LogP contribution in [-0.4, -0.2) is 48.5 Å². The quantitative estimate of drug-likeness (QED) is 0.626. The zero-order chi connectivity index (χ0) is 19.1. The molecule has 1 saturated heterocycles. The van der Waals surface area contributed by atoms with Gasteiger partial charge >= 0.3 is 0 Å². The molecule has 27 heavy (non-hydrogen) atoms. The minimum Gasteiger partial charge on any atom is -0.389 e. The molecular weight excluding hydrogens is 382 g/mol. The minimum atomic E-state index is -0.541. The molecule has 1 aromatic carbocycles. The van der Waals surface area contributed by atoms with Crippen molar-refractivity contribution in [2.24, 2.45) is 0 Å². The molecule has 3 unspecified atom stereocenters. The highest BCUT2D eigenvalue weighted by atomic mass is 35.5. The van der Waals surface area contributed by atoms with E-state index < -0.39 is 6.10 Å². The molecule has 1 fully saturated rings. The summed E-state index contributed by atoms with van der Waals surface area (Å²) in [6.45, 7) is 5.40. The van der Waals surface area contributed by atoms with Gasteiger partial charge in [0.15, 0.2) is 0 Å². The van der Waals surface area contributed by atoms with Crippen LogP contribution < -0.4 is 0 Å². The number of aliphatic hydroxyl groups is 1. The van der Waals surface area contributed by atoms with Crippen molar-refractivity contribution in [2.45, 2.75) is 44.6 Å². The number of halogens is 1. The third kappa shape index (κ3) is 6.86. The molecule has 6 heteroatoms. The maximum atomic E-state index is 10.5. The van der Waals surface area contributed by atoms with E-state index in [2.05, 4.69) is 22.4 Å². The number of ether oxygens (including phenoxy) is 2. The van der Waals surface area contributed by atoms with Crippen LogP contribution in [0.25, 0.3) is 0 Å². The number of rotatable bonds is 10. The zero-order valence-corrected chi connectivity index (χ0v) is 17.3. The topological polar surface area (TPSA) is 41.9 Å². The normalized spacial score (nSPS) is 19.5. The molecule has 1 N–H and O–H groups in total. The van der Waals surface area contributed by atoms with Crippen molar-refractivity contribution < 1.29 is 14.6 Å². The Kier molecular flexibility index (Phi) is 8.12. The molecule has 0 saturated carbocycles. The first-order valence-electron chi connectivity index (χ1n) is 9.51. The Labute approximate surface area is 170 Å². The highest BCUT2D eigenvalue weighted by molar-refractivity contribution is 7.09. The Bertz CT molecular complexity index is 659. The van der Waals surface area contributed by atoms with E-state index in [4.69, 9.17) is 21.1 Å². The van der Waals surface area contributed by atoms with E-state index in [1.807, 2.05) is 31.2 Å². The first kappa shape index (κ1) is 20.8. The van der Waals surface area contributed by atoms with Gasteiger partial charge in [-0.05, 0) is 48.9 Å². The number of hydrogen-bond acceptors (Lipinski definition) is 5. The molecule has 148 valence electrons. The zero-order valence-electron chi connectivity index (χ0n) is 15.7. The van der Waals surface area contributed by atoms with Gasteiger partial charge in [-0.25, -0.2) is 0 Å². The lowest BCUT2D eigenvalue weighted by molar-refractivity contribution is -0.0231. The SMILES string of the molecule is CC(OCC(O)CN(Cc1cccs1)CC1CCCO1)c1ccc(Cl)cc1. The van der Waals surface area contributed by atoms with Crippen LogP contribution >= 0.6 is 22.9 Å². The van der Waals surface area contributed by atoms with Gasteiger partial charge in [-0.3, -0.25) is 4.90 Å². The van der Waals surface area contributed by atoms with Gasteiger partial charge in [-0.1, -0.05) is 29.8 Å². The van der Waals surface area contributed by atoms with Gasteiger partial charge in [0.25, 0.3) is 0 Å². The first-order chi connectivity index (χ1) is 13.1. The van der Waals surface area contributed by atoms with Crippen molar-refractivity contribution in [1.82, 2.24) is 4.90 Å². The minimum absolute atomic E-state index is 0.0826. The predicted octanol–water partition coefficient (Wildman–Crippen LogP) is 4.52. The van der Waals surface area contributed by atoms with E-state index in [1.54, 1.807) is 11.3 Å². The molecular formula is C21H28ClNO3S. The Hall–Kier alpha value is -0.950. The Balaban J connectivity index is 1.49. The standard InChI is InChI=1S/C21H28ClNO3S/c1-16(17-6-8-18(22)9-7-17)26-15-19(24)12-23(13-20-4-2-10-25-20)14-21-5-3-11-27-21/h3,5-9,11,16,19-20,24H,2,4,10,12-15H2,1H3. The summed E-state index contributed by atoms with van der Waals surface area (Å²) in [6, 6.07) is 11.8. The fourth-order valence-corrected chi connectivity index (χ4v) is 4.21. The van der Waals surface area contributed by atoms with Crippen molar-refractivity contribution in [2.75, 3.05) is 26.3 Å². The van der Waals surface area contributed by atoms with Crippen LogP contribution in [-0.2, 0) is 16.0 Å². The van der Waals surface area contributed by atoms with Crippen LogP contribution in [0.3, 0.4) is 0 Å². The van der Waals surface area contributed by atoms with Crippen molar-refractivity contribution in [3.63, 3.8) is 0 Å². The summed E-state index contributed by atoms with van der Waals surface area (Å²) >= 11 is 7.68. The van der Waals surface area contributed by atoms with E-state index in [-0.39, 0.29) is 12.2 Å². The van der Waals surface area contributed by atoms with Gasteiger partial charge in [-0.15, -0.1) is 11.3 Å². The molecule has 2 aromatic rings. The number of nitrogens with zero attached hydrogens (tertiary/aromatic N) is 1. The van der Waals surface area contributed by atoms with Crippen molar-refractivity contribution >= 4 is 22.9 Å². The Morgan fingerprint density at radius 2 is 2.15 bits per heavy atom. The predicted molar refractivity (Wildman–Crippen MR) is 110 cm³/mol. The fourth-order valence-electron chi connectivity index (χ4n) is 3.34. The highest BCUT2D eigenvalue weighted by Crippen LogP contribution is 2.20. The lowest BCUT2D eigenvalue weighted by Crippen LogP contribution is -2.39. The fraction of sp³-hybridized carbons (Fsp3) is 0.524. The smallest absolute Gasteiger partial charge is 0.0900 e. The van der Waals surface area contributed by atoms with E-state index in [0.717, 1.165) is 38.1 Å². The van der Waals surface area contributed by atoms with E-state index in [1.165, 1.54) is 4.88 Å². The molecule has 3 rings (SSSR count). The lowest BCUT2D eigenvalue weighted by Gasteiger charge is -2.27. The molecule has 1 aliphatic heterocycles. The molecule has 4 nitrogen and oxygen atoms in total. The average molecular weight is 410 g/mol. The molecule has 0 radical (unpaired) electrons. The number of hydrogen-bond donors (Lipinski definition) is 1. The Morgan fingerprint density at radius 3 is 2.81 bits per heavy atom. The van der Waals surface area contributed by atoms with Gasteiger partial charge in [0, 0.05) is 36.1 Å². The second-order valence-corrected chi connectivity index (χ2v) is 8.56. The monoisotopic (exact) mass is 409 g/mol. The number of aliphatic hydroxyl groups excluding tert-OH is 1. The summed E-state index contributed by atoms with van der Waals surface area (Å²) in [4.78, 5) is 3.58. The summed E-state index contributed by atoms with van der Waals surface area (Å²) in [5, 5.41) is 13.3. The van der Waals surface area contributed by atoms with Gasteiger partial charge in [0.2, 0.25) is 0 Å². The maximum absolute atomic E-state index is 10.5. The lowest BCUT2D eigenvalue weighted by atomic mass is 10.1. The van der Waals surface area contributed by atoms with Crippen molar-refractivity contribution in [3.05, 3.63) is 57.2 Å². The summed E-state index contributed by atoms with van der Waals surface area (Å²) in [5.41, 5.74) is 1.06. The molecule has 2 heterocycles. The van der Waals surface area contributed by atoms with E-state index in [0.29, 0.717) is 18.2 Å². The largest absolute Gasteiger partial charge is 0.389 e. The summed E-state index contributed by atoms with van der Waals surface area (Å²) in [5.74, 6) is 0. The van der Waals surface area contributed by atoms with E-state index >= 15 is 0 Å². The molecule has 3 atom stereocenters. The van der Waals surface area contributed by atoms with Gasteiger partial charge in [-0.2, -0.15) is 0 Å². The summed E-state index contributed by atoms with van der Waals surface area (Å²) < 4.78 is 11.7. The van der Waals surface area contributed by atoms with Crippen LogP contribution in [0.15, 0.2) is 41.8 Å². The second kappa shape index (κ2) is 10.6. The molecule has 0 spiro atoms. The third-order valence-corrected chi connectivity index (χ3v) is 5.91. The molecule has 0 bridgehead atoms. The summed E-state index contributed by atoms with van der Waals surface area (Å²) in [7, 11) is 0. The van der Waals surface area contributed by atoms with E-state index in [9.17, 15) is 5.11 Å². The molecule has 0 aliphatic carbocycles. The average Bonchev–Trinajstić information content (AvgIpc) is 3.34. The van der Waals surface area contributed by atoms with Crippen LogP contribution in [0, 0.1) is 0 Å². The van der Waals surface area contributed by atoms with Gasteiger partial charge in [0.05, 0.1) is 24.9 Å². The molecule has 1 aromatic heterocycles. The maximum Gasteiger partial charge on any atom is 0.0900 e. The number of benzene rings is 1. The Morgan fingerprint density at radius 1 is 1.33 bits per heavy atom. The highest BCUT2D eigenvalue weighted by Gasteiger charge is 2.22. The first-order valence-corrected chi connectivity index (χ1v) is 10.8. The molecule has 1 aliphatic rings. The van der Waals surface area contributed by atoms with Crippen LogP contribution in [0.1, 0.15) is 36.3 Å². The van der Waals surface area contributed by atoms with Crippen molar-refractivity contribution in [1.29, 1.82) is 0 Å². The van der Waals surface area contributed by atoms with Crippen LogP contribution in [0.2, 0.25) is 5.02 Å².